The highest BCUT2D eigenvalue weighted by molar-refractivity contribution is 5.66. The highest BCUT2D eigenvalue weighted by Gasteiger charge is 2.28. The Hall–Kier alpha value is -0.610. The fourth-order valence-corrected chi connectivity index (χ4v) is 2.70. The van der Waals surface area contributed by atoms with Gasteiger partial charge in [-0.2, -0.15) is 0 Å². The standard InChI is InChI=1S/C15H30N2O2/c1-11(2)8-16-14-7-13(12(3)4)9-17(10-14)6-5-15(18)19/h11-14,16H,5-10H2,1-4H3,(H,18,19). The Labute approximate surface area is 117 Å². The van der Waals surface area contributed by atoms with E-state index in [0.29, 0.717) is 30.3 Å². The van der Waals surface area contributed by atoms with Crippen LogP contribution in [0.4, 0.5) is 0 Å². The second-order valence-electron chi connectivity index (χ2n) is 6.64. The van der Waals surface area contributed by atoms with Crippen molar-refractivity contribution < 1.29 is 9.90 Å². The van der Waals surface area contributed by atoms with Crippen LogP contribution in [0.1, 0.15) is 40.5 Å². The zero-order valence-electron chi connectivity index (χ0n) is 12.9. The first-order valence-electron chi connectivity index (χ1n) is 7.56. The number of hydrogen-bond acceptors (Lipinski definition) is 3. The lowest BCUT2D eigenvalue weighted by Crippen LogP contribution is -2.51. The molecule has 0 aromatic rings. The SMILES string of the molecule is CC(C)CNC1CC(C(C)C)CN(CCC(=O)O)C1. The van der Waals surface area contributed by atoms with Crippen molar-refractivity contribution in [1.29, 1.82) is 0 Å². The van der Waals surface area contributed by atoms with E-state index in [0.717, 1.165) is 19.6 Å². The average molecular weight is 270 g/mol. The number of hydrogen-bond donors (Lipinski definition) is 2. The topological polar surface area (TPSA) is 52.6 Å². The first-order valence-corrected chi connectivity index (χ1v) is 7.56. The molecule has 2 atom stereocenters. The number of likely N-dealkylation sites (tertiary alicyclic amines) is 1. The average Bonchev–Trinajstić information content (AvgIpc) is 2.33. The number of piperidine rings is 1. The molecule has 0 amide bonds. The van der Waals surface area contributed by atoms with Crippen LogP contribution in [-0.4, -0.2) is 48.2 Å². The lowest BCUT2D eigenvalue weighted by Gasteiger charge is -2.40. The van der Waals surface area contributed by atoms with Gasteiger partial charge in [0, 0.05) is 25.7 Å². The Bertz CT molecular complexity index is 279. The second-order valence-corrected chi connectivity index (χ2v) is 6.64. The van der Waals surface area contributed by atoms with Crippen LogP contribution in [-0.2, 0) is 4.79 Å². The van der Waals surface area contributed by atoms with Crippen molar-refractivity contribution in [3.8, 4) is 0 Å². The molecule has 1 saturated heterocycles. The Kier molecular flexibility index (Phi) is 6.80. The van der Waals surface area contributed by atoms with Crippen molar-refractivity contribution in [1.82, 2.24) is 10.2 Å². The van der Waals surface area contributed by atoms with Gasteiger partial charge in [-0.25, -0.2) is 0 Å². The van der Waals surface area contributed by atoms with E-state index in [1.165, 1.54) is 6.42 Å². The lowest BCUT2D eigenvalue weighted by atomic mass is 9.85. The normalized spacial score (nSPS) is 25.2. The summed E-state index contributed by atoms with van der Waals surface area (Å²) >= 11 is 0. The second kappa shape index (κ2) is 7.85. The number of carboxylic acid groups (broad SMARTS) is 1. The summed E-state index contributed by atoms with van der Waals surface area (Å²) in [4.78, 5) is 13.0. The Morgan fingerprint density at radius 1 is 1.32 bits per heavy atom. The third kappa shape index (κ3) is 6.39. The third-order valence-corrected chi connectivity index (χ3v) is 3.96. The van der Waals surface area contributed by atoms with E-state index < -0.39 is 5.97 Å². The molecule has 0 aromatic heterocycles. The molecule has 0 saturated carbocycles. The summed E-state index contributed by atoms with van der Waals surface area (Å²) in [5.74, 6) is 1.30. The van der Waals surface area contributed by atoms with Crippen LogP contribution in [0.5, 0.6) is 0 Å². The lowest BCUT2D eigenvalue weighted by molar-refractivity contribution is -0.137. The van der Waals surface area contributed by atoms with Crippen LogP contribution < -0.4 is 5.32 Å². The third-order valence-electron chi connectivity index (χ3n) is 3.96. The minimum absolute atomic E-state index is 0.252. The van der Waals surface area contributed by atoms with Crippen LogP contribution in [0.25, 0.3) is 0 Å². The molecule has 0 aromatic carbocycles. The fraction of sp³-hybridized carbons (Fsp3) is 0.933. The van der Waals surface area contributed by atoms with E-state index in [1.807, 2.05) is 0 Å². The summed E-state index contributed by atoms with van der Waals surface area (Å²) < 4.78 is 0. The van der Waals surface area contributed by atoms with Gasteiger partial charge in [0.1, 0.15) is 0 Å². The summed E-state index contributed by atoms with van der Waals surface area (Å²) in [5.41, 5.74) is 0. The van der Waals surface area contributed by atoms with Gasteiger partial charge in [0.2, 0.25) is 0 Å². The van der Waals surface area contributed by atoms with Crippen LogP contribution in [0, 0.1) is 17.8 Å². The van der Waals surface area contributed by atoms with E-state index in [4.69, 9.17) is 5.11 Å². The molecule has 2 unspecified atom stereocenters. The first kappa shape index (κ1) is 16.4. The highest BCUT2D eigenvalue weighted by Crippen LogP contribution is 2.24. The smallest absolute Gasteiger partial charge is 0.304 e. The molecular formula is C15H30N2O2. The highest BCUT2D eigenvalue weighted by atomic mass is 16.4. The summed E-state index contributed by atoms with van der Waals surface area (Å²) in [6.07, 6.45) is 1.47. The van der Waals surface area contributed by atoms with E-state index in [-0.39, 0.29) is 6.42 Å². The molecule has 112 valence electrons. The van der Waals surface area contributed by atoms with Crippen LogP contribution in [0.3, 0.4) is 0 Å². The van der Waals surface area contributed by atoms with Gasteiger partial charge in [0.05, 0.1) is 6.42 Å². The van der Waals surface area contributed by atoms with Crippen molar-refractivity contribution in [2.75, 3.05) is 26.2 Å². The van der Waals surface area contributed by atoms with E-state index >= 15 is 0 Å². The number of nitrogens with one attached hydrogen (secondary N) is 1. The van der Waals surface area contributed by atoms with Gasteiger partial charge in [0.25, 0.3) is 0 Å². The summed E-state index contributed by atoms with van der Waals surface area (Å²) in [5, 5.41) is 12.5. The molecule has 4 heteroatoms. The van der Waals surface area contributed by atoms with Gasteiger partial charge in [-0.05, 0) is 30.7 Å². The zero-order valence-corrected chi connectivity index (χ0v) is 12.9. The van der Waals surface area contributed by atoms with Gasteiger partial charge in [-0.1, -0.05) is 27.7 Å². The molecule has 0 aliphatic carbocycles. The molecule has 1 heterocycles. The number of nitrogens with zero attached hydrogens (tertiary/aromatic N) is 1. The molecule has 2 N–H and O–H groups in total. The molecule has 19 heavy (non-hydrogen) atoms. The van der Waals surface area contributed by atoms with Crippen molar-refractivity contribution in [3.63, 3.8) is 0 Å². The molecule has 1 aliphatic heterocycles. The van der Waals surface area contributed by atoms with Gasteiger partial charge in [-0.3, -0.25) is 4.79 Å². The van der Waals surface area contributed by atoms with Crippen LogP contribution in [0.2, 0.25) is 0 Å². The molecule has 0 spiro atoms. The van der Waals surface area contributed by atoms with Crippen molar-refractivity contribution in [2.45, 2.75) is 46.6 Å². The monoisotopic (exact) mass is 270 g/mol. The van der Waals surface area contributed by atoms with E-state index in [2.05, 4.69) is 37.9 Å². The van der Waals surface area contributed by atoms with E-state index in [9.17, 15) is 4.79 Å². The van der Waals surface area contributed by atoms with Crippen molar-refractivity contribution in [2.24, 2.45) is 17.8 Å². The minimum Gasteiger partial charge on any atom is -0.481 e. The molecule has 1 aliphatic rings. The number of aliphatic carboxylic acids is 1. The molecule has 1 rings (SSSR count). The summed E-state index contributed by atoms with van der Waals surface area (Å²) in [6.45, 7) is 12.7. The largest absolute Gasteiger partial charge is 0.481 e. The minimum atomic E-state index is -0.696. The Morgan fingerprint density at radius 3 is 2.53 bits per heavy atom. The van der Waals surface area contributed by atoms with Crippen molar-refractivity contribution in [3.05, 3.63) is 0 Å². The molecule has 0 bridgehead atoms. The number of rotatable bonds is 7. The molecule has 1 fully saturated rings. The van der Waals surface area contributed by atoms with Crippen molar-refractivity contribution >= 4 is 5.97 Å². The maximum Gasteiger partial charge on any atom is 0.304 e. The molecule has 0 radical (unpaired) electrons. The van der Waals surface area contributed by atoms with Gasteiger partial charge in [0.15, 0.2) is 0 Å². The Balaban J connectivity index is 2.49. The fourth-order valence-electron chi connectivity index (χ4n) is 2.70. The Morgan fingerprint density at radius 2 is 2.00 bits per heavy atom. The predicted octanol–water partition coefficient (Wildman–Crippen LogP) is 2.05. The van der Waals surface area contributed by atoms with Crippen LogP contribution >= 0.6 is 0 Å². The number of carboxylic acids is 1. The number of carbonyl (C=O) groups is 1. The molecular weight excluding hydrogens is 240 g/mol. The van der Waals surface area contributed by atoms with E-state index in [1.54, 1.807) is 0 Å². The van der Waals surface area contributed by atoms with Gasteiger partial charge in [-0.15, -0.1) is 0 Å². The molecule has 4 nitrogen and oxygen atoms in total. The summed E-state index contributed by atoms with van der Waals surface area (Å²) in [6, 6.07) is 0.511. The first-order chi connectivity index (χ1) is 8.88. The quantitative estimate of drug-likeness (QED) is 0.743. The van der Waals surface area contributed by atoms with Crippen LogP contribution in [0.15, 0.2) is 0 Å². The van der Waals surface area contributed by atoms with Gasteiger partial charge >= 0.3 is 5.97 Å². The predicted molar refractivity (Wildman–Crippen MR) is 78.3 cm³/mol. The maximum atomic E-state index is 10.7. The van der Waals surface area contributed by atoms with Gasteiger partial charge < -0.3 is 15.3 Å². The maximum absolute atomic E-state index is 10.7. The summed E-state index contributed by atoms with van der Waals surface area (Å²) in [7, 11) is 0. The zero-order chi connectivity index (χ0) is 14.4.